The Hall–Kier alpha value is -3.79. The van der Waals surface area contributed by atoms with Crippen molar-refractivity contribution in [3.63, 3.8) is 0 Å². The van der Waals surface area contributed by atoms with Crippen molar-refractivity contribution in [1.82, 2.24) is 0 Å². The van der Waals surface area contributed by atoms with Crippen molar-refractivity contribution in [3.05, 3.63) is 60.7 Å². The molecule has 0 saturated carbocycles. The molecule has 35 heavy (non-hydrogen) atoms. The molecule has 3 aromatic rings. The third kappa shape index (κ3) is 5.48. The number of sulfonamides is 1. The summed E-state index contributed by atoms with van der Waals surface area (Å²) in [6.45, 7) is 2.94. The highest BCUT2D eigenvalue weighted by atomic mass is 32.2. The van der Waals surface area contributed by atoms with E-state index in [0.29, 0.717) is 28.6 Å². The molecule has 3 N–H and O–H groups in total. The van der Waals surface area contributed by atoms with E-state index in [0.717, 1.165) is 4.31 Å². The van der Waals surface area contributed by atoms with Gasteiger partial charge in [-0.2, -0.15) is 0 Å². The highest BCUT2D eigenvalue weighted by molar-refractivity contribution is 7.92. The van der Waals surface area contributed by atoms with Gasteiger partial charge in [0.1, 0.15) is 18.3 Å². The maximum atomic E-state index is 13.5. The van der Waals surface area contributed by atoms with Crippen molar-refractivity contribution < 1.29 is 33.0 Å². The zero-order valence-corrected chi connectivity index (χ0v) is 20.5. The van der Waals surface area contributed by atoms with Crippen LogP contribution in [-0.2, 0) is 19.6 Å². The highest BCUT2D eigenvalue weighted by Crippen LogP contribution is 2.36. The van der Waals surface area contributed by atoms with E-state index in [1.807, 2.05) is 13.8 Å². The van der Waals surface area contributed by atoms with Crippen LogP contribution < -0.4 is 14.4 Å². The van der Waals surface area contributed by atoms with Crippen LogP contribution >= 0.6 is 0 Å². The molecule has 0 aliphatic carbocycles. The van der Waals surface area contributed by atoms with Crippen molar-refractivity contribution >= 4 is 44.1 Å². The average Bonchev–Trinajstić information content (AvgIpc) is 2.85. The van der Waals surface area contributed by atoms with E-state index in [2.05, 4.69) is 5.32 Å². The maximum Gasteiger partial charge on any atom is 0.326 e. The number of rotatable bonds is 11. The molecule has 9 nitrogen and oxygen atoms in total. The van der Waals surface area contributed by atoms with Gasteiger partial charge in [-0.15, -0.1) is 0 Å². The van der Waals surface area contributed by atoms with E-state index in [-0.39, 0.29) is 16.5 Å². The van der Waals surface area contributed by atoms with Gasteiger partial charge in [-0.25, -0.2) is 13.2 Å². The minimum atomic E-state index is -4.25. The van der Waals surface area contributed by atoms with Crippen LogP contribution in [0.2, 0.25) is 0 Å². The fraction of sp³-hybridized carbons (Fsp3) is 0.280. The third-order valence-electron chi connectivity index (χ3n) is 5.89. The Morgan fingerprint density at radius 3 is 2.17 bits per heavy atom. The average molecular weight is 501 g/mol. The van der Waals surface area contributed by atoms with Crippen molar-refractivity contribution in [2.24, 2.45) is 5.92 Å². The summed E-state index contributed by atoms with van der Waals surface area (Å²) in [5.74, 6) is -2.02. The van der Waals surface area contributed by atoms with Crippen LogP contribution in [0, 0.1) is 5.92 Å². The van der Waals surface area contributed by atoms with E-state index in [9.17, 15) is 28.2 Å². The van der Waals surface area contributed by atoms with Crippen LogP contribution in [0.1, 0.15) is 20.3 Å². The summed E-state index contributed by atoms with van der Waals surface area (Å²) in [5, 5.41) is 23.3. The Balaban J connectivity index is 2.15. The first-order valence-corrected chi connectivity index (χ1v) is 12.4. The van der Waals surface area contributed by atoms with Gasteiger partial charge < -0.3 is 20.3 Å². The largest absolute Gasteiger partial charge is 0.497 e. The molecule has 0 unspecified atom stereocenters. The number of fused-ring (bicyclic) bond motifs is 1. The second kappa shape index (κ2) is 10.6. The molecule has 0 aromatic heterocycles. The molecule has 186 valence electrons. The number of carbonyl (C=O) groups is 2. The van der Waals surface area contributed by atoms with E-state index >= 15 is 0 Å². The molecule has 3 rings (SSSR count). The van der Waals surface area contributed by atoms with Gasteiger partial charge in [-0.05, 0) is 42.3 Å². The molecule has 0 spiro atoms. The molecule has 2 atom stereocenters. The monoisotopic (exact) mass is 500 g/mol. The molecule has 0 radical (unpaired) electrons. The van der Waals surface area contributed by atoms with Crippen molar-refractivity contribution in [2.75, 3.05) is 23.3 Å². The van der Waals surface area contributed by atoms with Crippen LogP contribution in [0.4, 0.5) is 11.4 Å². The number of aliphatic carboxylic acids is 2. The van der Waals surface area contributed by atoms with Gasteiger partial charge in [0.25, 0.3) is 10.0 Å². The number of benzene rings is 3. The summed E-state index contributed by atoms with van der Waals surface area (Å²) in [6.07, 6.45) is 0.645. The predicted molar refractivity (Wildman–Crippen MR) is 134 cm³/mol. The van der Waals surface area contributed by atoms with Gasteiger partial charge in [-0.1, -0.05) is 44.5 Å². The second-order valence-electron chi connectivity index (χ2n) is 8.10. The third-order valence-corrected chi connectivity index (χ3v) is 7.66. The van der Waals surface area contributed by atoms with Crippen LogP contribution in [0.5, 0.6) is 5.75 Å². The number of carboxylic acid groups (broad SMARTS) is 2. The zero-order valence-electron chi connectivity index (χ0n) is 19.6. The molecule has 0 aliphatic rings. The Bertz CT molecular complexity index is 1320. The number of hydrogen-bond donors (Lipinski definition) is 3. The standard InChI is InChI=1S/C25H28N2O7S/c1-4-16(2)24(25(30)31)26-21-13-14-22(20-8-6-5-7-19(20)21)27(15-23(28)29)35(32,33)18-11-9-17(34-3)10-12-18/h5-14,16,24,26H,4,15H2,1-3H3,(H,28,29)(H,30,31)/t16-,24-/m0/s1. The lowest BCUT2D eigenvalue weighted by atomic mass is 9.98. The van der Waals surface area contributed by atoms with E-state index in [1.54, 1.807) is 30.3 Å². The lowest BCUT2D eigenvalue weighted by Gasteiger charge is -2.26. The number of carboxylic acids is 2. The summed E-state index contributed by atoms with van der Waals surface area (Å²) < 4.78 is 33.0. The van der Waals surface area contributed by atoms with Gasteiger partial charge >= 0.3 is 11.9 Å². The molecular formula is C25H28N2O7S. The lowest BCUT2D eigenvalue weighted by molar-refractivity contribution is -0.139. The summed E-state index contributed by atoms with van der Waals surface area (Å²) in [4.78, 5) is 23.4. The van der Waals surface area contributed by atoms with Crippen molar-refractivity contribution in [3.8, 4) is 5.75 Å². The summed E-state index contributed by atoms with van der Waals surface area (Å²) in [6, 6.07) is 14.7. The fourth-order valence-corrected chi connectivity index (χ4v) is 5.21. The molecule has 0 bridgehead atoms. The van der Waals surface area contributed by atoms with Gasteiger partial charge in [-0.3, -0.25) is 9.10 Å². The maximum absolute atomic E-state index is 13.5. The van der Waals surface area contributed by atoms with Gasteiger partial charge in [0.2, 0.25) is 0 Å². The van der Waals surface area contributed by atoms with E-state index < -0.39 is 34.5 Å². The van der Waals surface area contributed by atoms with E-state index in [1.165, 1.54) is 37.4 Å². The Morgan fingerprint density at radius 1 is 1.00 bits per heavy atom. The lowest BCUT2D eigenvalue weighted by Crippen LogP contribution is -2.36. The molecule has 3 aromatic carbocycles. The molecular weight excluding hydrogens is 472 g/mol. The minimum Gasteiger partial charge on any atom is -0.497 e. The smallest absolute Gasteiger partial charge is 0.326 e. The number of methoxy groups -OCH3 is 1. The molecule has 0 heterocycles. The molecule has 0 fully saturated rings. The Kier molecular flexibility index (Phi) is 7.85. The zero-order chi connectivity index (χ0) is 25.8. The number of ether oxygens (including phenoxy) is 1. The van der Waals surface area contributed by atoms with Crippen LogP contribution in [-0.4, -0.2) is 50.3 Å². The number of nitrogens with zero attached hydrogens (tertiary/aromatic N) is 1. The van der Waals surface area contributed by atoms with Crippen molar-refractivity contribution in [1.29, 1.82) is 0 Å². The Morgan fingerprint density at radius 2 is 1.63 bits per heavy atom. The van der Waals surface area contributed by atoms with Gasteiger partial charge in [0, 0.05) is 16.5 Å². The molecule has 0 saturated heterocycles. The second-order valence-corrected chi connectivity index (χ2v) is 9.97. The first-order valence-electron chi connectivity index (χ1n) is 11.0. The first-order chi connectivity index (χ1) is 16.6. The van der Waals surface area contributed by atoms with Gasteiger partial charge in [0.05, 0.1) is 17.7 Å². The molecule has 0 amide bonds. The number of nitrogens with one attached hydrogen (secondary N) is 1. The fourth-order valence-electron chi connectivity index (χ4n) is 3.77. The summed E-state index contributed by atoms with van der Waals surface area (Å²) in [7, 11) is -2.79. The van der Waals surface area contributed by atoms with Gasteiger partial charge in [0.15, 0.2) is 0 Å². The minimum absolute atomic E-state index is 0.0893. The summed E-state index contributed by atoms with van der Waals surface area (Å²) in [5.41, 5.74) is 0.675. The quantitative estimate of drug-likeness (QED) is 0.359. The Labute approximate surface area is 204 Å². The number of hydrogen-bond acceptors (Lipinski definition) is 6. The van der Waals surface area contributed by atoms with E-state index in [4.69, 9.17) is 4.74 Å². The molecule has 10 heteroatoms. The van der Waals surface area contributed by atoms with Crippen LogP contribution in [0.3, 0.4) is 0 Å². The highest BCUT2D eigenvalue weighted by Gasteiger charge is 2.30. The number of anilines is 2. The topological polar surface area (TPSA) is 133 Å². The normalized spacial score (nSPS) is 13.1. The predicted octanol–water partition coefficient (Wildman–Crippen LogP) is 4.04. The van der Waals surface area contributed by atoms with Crippen LogP contribution in [0.25, 0.3) is 10.8 Å². The van der Waals surface area contributed by atoms with Crippen LogP contribution in [0.15, 0.2) is 65.6 Å². The summed E-state index contributed by atoms with van der Waals surface area (Å²) >= 11 is 0. The SMILES string of the molecule is CC[C@H](C)[C@H](Nc1ccc(N(CC(=O)O)S(=O)(=O)c2ccc(OC)cc2)c2ccccc12)C(=O)O. The van der Waals surface area contributed by atoms with Crippen molar-refractivity contribution in [2.45, 2.75) is 31.2 Å². The first kappa shape index (κ1) is 25.8. The molecule has 0 aliphatic heterocycles.